The van der Waals surface area contributed by atoms with E-state index >= 15 is 0 Å². The molecular formula is C94H72N12O2. The SMILES string of the molecule is CC(N=C(N=C(N)C1=CC=CCC1)c1cccc2oc3ccc(-c4nc5c(c(-c6cccc(-c7ccccc7-c7nc(-c8cccc9oc%10ccc(-c%11nc(-c%12ccc%13c%14ccccc%14n(C%14C=CCCC%14)c%13c%12)c%12ccccc%12n%11)cc%10c89)nc(C8C=CC=CC8)n7)c6)n4)CCC=N5)cc3c12)C1C=CC=CC1. The predicted octanol–water partition coefficient (Wildman–Crippen LogP) is 22.6. The summed E-state index contributed by atoms with van der Waals surface area (Å²) < 4.78 is 16.0. The Balaban J connectivity index is 0.676. The monoisotopic (exact) mass is 1400 g/mol. The van der Waals surface area contributed by atoms with Gasteiger partial charge in [0.1, 0.15) is 34.0 Å². The standard InChI is InChI=1S/C94H72N12O2/c1-56(57-24-6-2-7-25-57)97-93(101-87(95)58-26-8-3-9-27-58)71-38-21-43-81-83(71)75-54-64(47-50-80(75)107-81)90-100-86(73-40-23-51-96-91(73)102-90)61-31-20-30-60(52-61)66-34-14-15-36-69(66)92-103-88(59-28-10-4-11-29-59)104-94(105-92)72-39-22-44-82-84(72)74-53-63(46-49-79(74)108-82)89-98-76-41-18-16-37-70(76)85(99-89)62-45-48-68-67-35-17-19-42-77(67)106(78(68)55-62)65-32-12-5-13-33-65/h2-4,6-8,10-12,14-22,24,26,28,30-32,34-39,41-57,59,65H,5,9,13,23,25,27,29,33,40H2,1H3,(H2,95,97,101). The van der Waals surface area contributed by atoms with Crippen LogP contribution in [0.5, 0.6) is 0 Å². The van der Waals surface area contributed by atoms with Crippen LogP contribution in [0.4, 0.5) is 5.82 Å². The summed E-state index contributed by atoms with van der Waals surface area (Å²) in [6.07, 6.45) is 38.3. The van der Waals surface area contributed by atoms with Gasteiger partial charge in [-0.15, -0.1) is 0 Å². The summed E-state index contributed by atoms with van der Waals surface area (Å²) in [6, 6.07) is 65.8. The van der Waals surface area contributed by atoms with Crippen LogP contribution in [0.1, 0.15) is 87.2 Å². The van der Waals surface area contributed by atoms with E-state index in [9.17, 15) is 0 Å². The second-order valence-electron chi connectivity index (χ2n) is 28.7. The summed E-state index contributed by atoms with van der Waals surface area (Å²) in [4.78, 5) is 53.4. The Morgan fingerprint density at radius 1 is 0.491 bits per heavy atom. The molecule has 2 N–H and O–H groups in total. The molecule has 4 unspecified atom stereocenters. The van der Waals surface area contributed by atoms with Crippen molar-refractivity contribution in [3.8, 4) is 79.2 Å². The van der Waals surface area contributed by atoms with Gasteiger partial charge in [0, 0.05) is 106 Å². The first-order chi connectivity index (χ1) is 53.3. The molecule has 4 atom stereocenters. The van der Waals surface area contributed by atoms with Crippen molar-refractivity contribution < 1.29 is 8.83 Å². The van der Waals surface area contributed by atoms with Crippen molar-refractivity contribution in [2.24, 2.45) is 26.6 Å². The Labute approximate surface area is 623 Å². The number of hydrogen-bond donors (Lipinski definition) is 1. The Hall–Kier alpha value is -13.2. The highest BCUT2D eigenvalue weighted by Gasteiger charge is 2.28. The molecule has 0 saturated heterocycles. The number of aromatic nitrogens is 8. The maximum atomic E-state index is 6.89. The molecule has 520 valence electrons. The summed E-state index contributed by atoms with van der Waals surface area (Å²) in [6.45, 7) is 2.15. The first-order valence-electron chi connectivity index (χ1n) is 37.6. The quantitative estimate of drug-likeness (QED) is 0.0662. The second kappa shape index (κ2) is 27.1. The summed E-state index contributed by atoms with van der Waals surface area (Å²) >= 11 is 0. The van der Waals surface area contributed by atoms with Crippen molar-refractivity contribution in [3.63, 3.8) is 0 Å². The van der Waals surface area contributed by atoms with Crippen molar-refractivity contribution in [1.82, 2.24) is 39.5 Å². The molecule has 0 amide bonds. The third-order valence-electron chi connectivity index (χ3n) is 22.0. The molecule has 14 nitrogen and oxygen atoms in total. The van der Waals surface area contributed by atoms with E-state index in [-0.39, 0.29) is 23.9 Å². The van der Waals surface area contributed by atoms with Crippen molar-refractivity contribution in [2.75, 3.05) is 0 Å². The highest BCUT2D eigenvalue weighted by atomic mass is 16.3. The number of hydrogen-bond acceptors (Lipinski definition) is 11. The molecule has 0 fully saturated rings. The molecule has 1 aliphatic heterocycles. The van der Waals surface area contributed by atoms with Crippen LogP contribution in [-0.2, 0) is 6.42 Å². The van der Waals surface area contributed by atoms with Crippen LogP contribution < -0.4 is 5.73 Å². The first-order valence-corrected chi connectivity index (χ1v) is 37.6. The number of fused-ring (bicyclic) bond motifs is 11. The van der Waals surface area contributed by atoms with Gasteiger partial charge < -0.3 is 19.1 Å². The fraction of sp³-hybridized carbons (Fsp3) is 0.149. The molecule has 0 saturated carbocycles. The van der Waals surface area contributed by atoms with Crippen molar-refractivity contribution in [2.45, 2.75) is 82.7 Å². The molecule has 14 heteroatoms. The maximum Gasteiger partial charge on any atom is 0.164 e. The lowest BCUT2D eigenvalue weighted by atomic mass is 9.94. The Morgan fingerprint density at radius 3 is 2.00 bits per heavy atom. The van der Waals surface area contributed by atoms with E-state index in [1.807, 2.05) is 60.8 Å². The number of benzene rings is 9. The average Bonchev–Trinajstić information content (AvgIpc) is 1.52. The Kier molecular flexibility index (Phi) is 16.1. The van der Waals surface area contributed by atoms with E-state index in [0.717, 1.165) is 174 Å². The van der Waals surface area contributed by atoms with Crippen molar-refractivity contribution in [3.05, 3.63) is 290 Å². The molecule has 0 radical (unpaired) electrons. The molecular weight excluding hydrogens is 1330 g/mol. The minimum absolute atomic E-state index is 0.0797. The van der Waals surface area contributed by atoms with Gasteiger partial charge in [0.2, 0.25) is 0 Å². The van der Waals surface area contributed by atoms with Gasteiger partial charge in [0.05, 0.1) is 34.5 Å². The fourth-order valence-electron chi connectivity index (χ4n) is 16.5. The zero-order valence-corrected chi connectivity index (χ0v) is 59.5. The maximum absolute atomic E-state index is 6.89. The number of aliphatic imine (C=N–C) groups is 3. The number of nitrogens with two attached hydrogens (primary N) is 1. The fourth-order valence-corrected chi connectivity index (χ4v) is 16.5. The molecule has 4 aliphatic carbocycles. The summed E-state index contributed by atoms with van der Waals surface area (Å²) in [7, 11) is 0. The van der Waals surface area contributed by atoms with E-state index in [1.54, 1.807) is 0 Å². The number of para-hydroxylation sites is 2. The minimum atomic E-state index is -0.0938. The largest absolute Gasteiger partial charge is 0.456 e. The number of nitrogens with zero attached hydrogens (tertiary/aromatic N) is 11. The normalized spacial score (nSPS) is 17.5. The number of allylic oxidation sites excluding steroid dienone is 12. The minimum Gasteiger partial charge on any atom is -0.456 e. The van der Waals surface area contributed by atoms with Gasteiger partial charge in [-0.2, -0.15) is 0 Å². The van der Waals surface area contributed by atoms with E-state index < -0.39 is 0 Å². The van der Waals surface area contributed by atoms with Crippen LogP contribution in [0, 0.1) is 5.92 Å². The molecule has 5 aliphatic rings. The van der Waals surface area contributed by atoms with Gasteiger partial charge in [-0.05, 0) is 154 Å². The summed E-state index contributed by atoms with van der Waals surface area (Å²) in [5, 5.41) is 7.05. The zero-order valence-electron chi connectivity index (χ0n) is 59.5. The van der Waals surface area contributed by atoms with Crippen LogP contribution >= 0.6 is 0 Å². The molecule has 15 aromatic rings. The van der Waals surface area contributed by atoms with E-state index in [2.05, 4.69) is 224 Å². The van der Waals surface area contributed by atoms with Gasteiger partial charge in [0.15, 0.2) is 35.0 Å². The lowest BCUT2D eigenvalue weighted by Gasteiger charge is -2.21. The average molecular weight is 1400 g/mol. The van der Waals surface area contributed by atoms with Gasteiger partial charge in [0.25, 0.3) is 0 Å². The Morgan fingerprint density at radius 2 is 1.19 bits per heavy atom. The summed E-state index contributed by atoms with van der Waals surface area (Å²) in [5.41, 5.74) is 24.8. The van der Waals surface area contributed by atoms with E-state index in [1.165, 1.54) is 21.8 Å². The third-order valence-corrected chi connectivity index (χ3v) is 22.0. The molecule has 108 heavy (non-hydrogen) atoms. The zero-order chi connectivity index (χ0) is 71.8. The highest BCUT2D eigenvalue weighted by Crippen LogP contribution is 2.45. The van der Waals surface area contributed by atoms with Gasteiger partial charge in [-0.1, -0.05) is 194 Å². The van der Waals surface area contributed by atoms with Crippen LogP contribution in [0.25, 0.3) is 156 Å². The number of amidine groups is 2. The Bertz CT molecular complexity index is 6560. The molecule has 9 aromatic carbocycles. The van der Waals surface area contributed by atoms with Crippen LogP contribution in [-0.4, -0.2) is 63.4 Å². The lowest BCUT2D eigenvalue weighted by molar-refractivity contribution is 0.540. The van der Waals surface area contributed by atoms with Crippen LogP contribution in [0.3, 0.4) is 0 Å². The number of furan rings is 2. The van der Waals surface area contributed by atoms with Gasteiger partial charge in [-0.25, -0.2) is 44.9 Å². The smallest absolute Gasteiger partial charge is 0.164 e. The van der Waals surface area contributed by atoms with E-state index in [0.29, 0.717) is 57.8 Å². The van der Waals surface area contributed by atoms with E-state index in [4.69, 9.17) is 64.4 Å². The summed E-state index contributed by atoms with van der Waals surface area (Å²) in [5.74, 6) is 4.71. The topological polar surface area (TPSA) is 185 Å². The lowest BCUT2D eigenvalue weighted by Crippen LogP contribution is -2.21. The van der Waals surface area contributed by atoms with Crippen molar-refractivity contribution in [1.29, 1.82) is 0 Å². The first kappa shape index (κ1) is 64.4. The van der Waals surface area contributed by atoms with Gasteiger partial charge >= 0.3 is 0 Å². The molecule has 0 spiro atoms. The molecule has 7 heterocycles. The number of rotatable bonds is 13. The van der Waals surface area contributed by atoms with Crippen LogP contribution in [0.15, 0.2) is 296 Å². The predicted molar refractivity (Wildman–Crippen MR) is 439 cm³/mol. The van der Waals surface area contributed by atoms with Gasteiger partial charge in [-0.3, -0.25) is 4.99 Å². The second-order valence-corrected chi connectivity index (χ2v) is 28.7. The third kappa shape index (κ3) is 11.6. The van der Waals surface area contributed by atoms with Crippen molar-refractivity contribution >= 4 is 100 Å². The van der Waals surface area contributed by atoms with Crippen LogP contribution in [0.2, 0.25) is 0 Å². The molecule has 20 rings (SSSR count). The highest BCUT2D eigenvalue weighted by molar-refractivity contribution is 6.22. The molecule has 0 bridgehead atoms. The molecule has 6 aromatic heterocycles.